The zero-order chi connectivity index (χ0) is 28.4. The van der Waals surface area contributed by atoms with Gasteiger partial charge in [-0.3, -0.25) is 9.59 Å². The Labute approximate surface area is 242 Å². The molecular weight excluding hydrogens is 534 g/mol. The largest absolute Gasteiger partial charge is 0.481 e. The Morgan fingerprint density at radius 1 is 0.854 bits per heavy atom. The summed E-state index contributed by atoms with van der Waals surface area (Å²) in [5, 5.41) is 14.9. The number of thiazole rings is 1. The highest BCUT2D eigenvalue weighted by Crippen LogP contribution is 2.33. The molecule has 8 heteroatoms. The number of nitrogens with one attached hydrogen (secondary N) is 1. The molecular formula is C33H29N3O4S. The van der Waals surface area contributed by atoms with Crippen LogP contribution in [0.4, 0.5) is 0 Å². The van der Waals surface area contributed by atoms with Gasteiger partial charge in [0.1, 0.15) is 11.6 Å². The molecule has 5 rings (SSSR count). The molecule has 0 aliphatic carbocycles. The zero-order valence-corrected chi connectivity index (χ0v) is 23.1. The number of rotatable bonds is 12. The summed E-state index contributed by atoms with van der Waals surface area (Å²) in [5.74, 6) is -1.41. The van der Waals surface area contributed by atoms with Crippen LogP contribution in [0.3, 0.4) is 0 Å². The van der Waals surface area contributed by atoms with Gasteiger partial charge in [-0.15, -0.1) is 11.3 Å². The lowest BCUT2D eigenvalue weighted by atomic mass is 9.95. The smallest absolute Gasteiger partial charge is 0.304 e. The molecule has 0 aliphatic heterocycles. The monoisotopic (exact) mass is 563 g/mol. The van der Waals surface area contributed by atoms with E-state index in [-0.39, 0.29) is 18.9 Å². The molecule has 0 radical (unpaired) electrons. The summed E-state index contributed by atoms with van der Waals surface area (Å²) in [4.78, 5) is 33.6. The van der Waals surface area contributed by atoms with Crippen molar-refractivity contribution in [2.24, 2.45) is 5.92 Å². The van der Waals surface area contributed by atoms with Gasteiger partial charge in [0.15, 0.2) is 0 Å². The Hall–Kier alpha value is -4.82. The van der Waals surface area contributed by atoms with Crippen LogP contribution in [-0.4, -0.2) is 27.0 Å². The van der Waals surface area contributed by atoms with E-state index in [1.54, 1.807) is 6.20 Å². The van der Waals surface area contributed by atoms with Crippen molar-refractivity contribution in [3.8, 4) is 28.3 Å². The number of pyridine rings is 1. The van der Waals surface area contributed by atoms with Crippen LogP contribution in [0.5, 0.6) is 5.88 Å². The number of amides is 1. The molecule has 0 aliphatic rings. The first-order chi connectivity index (χ1) is 20.0. The van der Waals surface area contributed by atoms with Crippen LogP contribution in [0.15, 0.2) is 109 Å². The molecule has 0 fully saturated rings. The molecule has 2 heterocycles. The summed E-state index contributed by atoms with van der Waals surface area (Å²) in [6.45, 7) is 0.677. The van der Waals surface area contributed by atoms with E-state index >= 15 is 0 Å². The summed E-state index contributed by atoms with van der Waals surface area (Å²) in [5.41, 5.74) is 5.67. The second-order valence-electron chi connectivity index (χ2n) is 9.53. The van der Waals surface area contributed by atoms with Crippen LogP contribution in [-0.2, 0) is 29.2 Å². The van der Waals surface area contributed by atoms with Crippen molar-refractivity contribution in [3.63, 3.8) is 0 Å². The molecule has 41 heavy (non-hydrogen) atoms. The first kappa shape index (κ1) is 27.7. The predicted molar refractivity (Wildman–Crippen MR) is 159 cm³/mol. The number of hydrogen-bond acceptors (Lipinski definition) is 6. The average molecular weight is 564 g/mol. The molecule has 7 nitrogen and oxygen atoms in total. The lowest BCUT2D eigenvalue weighted by molar-refractivity contribution is -0.141. The molecule has 0 saturated carbocycles. The lowest BCUT2D eigenvalue weighted by Gasteiger charge is -2.14. The van der Waals surface area contributed by atoms with Gasteiger partial charge in [-0.1, -0.05) is 84.9 Å². The van der Waals surface area contributed by atoms with Crippen LogP contribution in [0.25, 0.3) is 22.4 Å². The number of aromatic nitrogens is 2. The number of carbonyl (C=O) groups is 2. The van der Waals surface area contributed by atoms with E-state index in [2.05, 4.69) is 10.3 Å². The standard InChI is InChI=1S/C33H29N3O4S/c37-32(38)18-26(17-23-9-3-1-4-10-23)33(39)35-20-31-36-29(22-41-31)28-14-8-7-13-27(28)25-15-16-30(34-19-25)40-21-24-11-5-2-6-12-24/h1-16,19,22,26H,17-18,20-21H2,(H,35,39)(H,37,38)/t26-/m1/s1. The molecule has 0 bridgehead atoms. The molecule has 206 valence electrons. The minimum absolute atomic E-state index is 0.228. The first-order valence-electron chi connectivity index (χ1n) is 13.3. The number of carboxylic acid groups (broad SMARTS) is 1. The third-order valence-corrected chi connectivity index (χ3v) is 7.41. The van der Waals surface area contributed by atoms with Crippen molar-refractivity contribution in [1.29, 1.82) is 0 Å². The van der Waals surface area contributed by atoms with Gasteiger partial charge in [0.05, 0.1) is 24.6 Å². The highest BCUT2D eigenvalue weighted by molar-refractivity contribution is 7.09. The van der Waals surface area contributed by atoms with Crippen molar-refractivity contribution in [2.45, 2.75) is 26.0 Å². The van der Waals surface area contributed by atoms with Gasteiger partial charge in [0.2, 0.25) is 11.8 Å². The molecule has 3 aromatic carbocycles. The average Bonchev–Trinajstić information content (AvgIpc) is 3.49. The van der Waals surface area contributed by atoms with Crippen molar-refractivity contribution in [3.05, 3.63) is 125 Å². The van der Waals surface area contributed by atoms with Crippen molar-refractivity contribution >= 4 is 23.2 Å². The summed E-state index contributed by atoms with van der Waals surface area (Å²) < 4.78 is 5.83. The van der Waals surface area contributed by atoms with E-state index < -0.39 is 11.9 Å². The normalized spacial score (nSPS) is 11.5. The molecule has 0 unspecified atom stereocenters. The molecule has 0 saturated heterocycles. The van der Waals surface area contributed by atoms with Crippen molar-refractivity contribution in [1.82, 2.24) is 15.3 Å². The van der Waals surface area contributed by atoms with Gasteiger partial charge in [-0.25, -0.2) is 9.97 Å². The van der Waals surface area contributed by atoms with Gasteiger partial charge in [0, 0.05) is 28.8 Å². The van der Waals surface area contributed by atoms with E-state index in [1.165, 1.54) is 11.3 Å². The maximum absolute atomic E-state index is 12.9. The second-order valence-corrected chi connectivity index (χ2v) is 10.5. The van der Waals surface area contributed by atoms with Gasteiger partial charge >= 0.3 is 5.97 Å². The quantitative estimate of drug-likeness (QED) is 0.182. The Morgan fingerprint density at radius 3 is 2.22 bits per heavy atom. The van der Waals surface area contributed by atoms with Gasteiger partial charge in [-0.2, -0.15) is 0 Å². The van der Waals surface area contributed by atoms with Gasteiger partial charge in [0.25, 0.3) is 0 Å². The van der Waals surface area contributed by atoms with Crippen molar-refractivity contribution < 1.29 is 19.4 Å². The topological polar surface area (TPSA) is 101 Å². The molecule has 2 aromatic heterocycles. The van der Waals surface area contributed by atoms with Crippen LogP contribution in [0.1, 0.15) is 22.6 Å². The maximum atomic E-state index is 12.9. The number of benzene rings is 3. The number of aliphatic carboxylic acids is 1. The molecule has 0 spiro atoms. The summed E-state index contributed by atoms with van der Waals surface area (Å²) in [6, 6.07) is 31.2. The number of nitrogens with zero attached hydrogens (tertiary/aromatic N) is 2. The maximum Gasteiger partial charge on any atom is 0.304 e. The van der Waals surface area contributed by atoms with E-state index in [9.17, 15) is 14.7 Å². The highest BCUT2D eigenvalue weighted by Gasteiger charge is 2.22. The summed E-state index contributed by atoms with van der Waals surface area (Å²) in [6.07, 6.45) is 1.92. The second kappa shape index (κ2) is 13.5. The lowest BCUT2D eigenvalue weighted by Crippen LogP contribution is -2.33. The van der Waals surface area contributed by atoms with Gasteiger partial charge < -0.3 is 15.2 Å². The molecule has 2 N–H and O–H groups in total. The van der Waals surface area contributed by atoms with E-state index in [4.69, 9.17) is 9.72 Å². The van der Waals surface area contributed by atoms with E-state index in [0.29, 0.717) is 18.9 Å². The van der Waals surface area contributed by atoms with Crippen molar-refractivity contribution in [2.75, 3.05) is 0 Å². The third-order valence-electron chi connectivity index (χ3n) is 6.56. The molecule has 1 amide bonds. The molecule has 1 atom stereocenters. The summed E-state index contributed by atoms with van der Waals surface area (Å²) >= 11 is 1.45. The van der Waals surface area contributed by atoms with Gasteiger partial charge in [-0.05, 0) is 29.2 Å². The molecule has 5 aromatic rings. The van der Waals surface area contributed by atoms with Crippen LogP contribution >= 0.6 is 11.3 Å². The summed E-state index contributed by atoms with van der Waals surface area (Å²) in [7, 11) is 0. The van der Waals surface area contributed by atoms with Crippen LogP contribution in [0, 0.1) is 5.92 Å². The minimum atomic E-state index is -1.00. The first-order valence-corrected chi connectivity index (χ1v) is 14.1. The number of ether oxygens (including phenoxy) is 1. The third kappa shape index (κ3) is 7.64. The minimum Gasteiger partial charge on any atom is -0.481 e. The highest BCUT2D eigenvalue weighted by atomic mass is 32.1. The van der Waals surface area contributed by atoms with Crippen LogP contribution < -0.4 is 10.1 Å². The fourth-order valence-electron chi connectivity index (χ4n) is 4.50. The van der Waals surface area contributed by atoms with Crippen LogP contribution in [0.2, 0.25) is 0 Å². The number of hydrogen-bond donors (Lipinski definition) is 2. The SMILES string of the molecule is O=C(O)C[C@@H](Cc1ccccc1)C(=O)NCc1nc(-c2ccccc2-c2ccc(OCc3ccccc3)nc2)cs1. The van der Waals surface area contributed by atoms with E-state index in [0.717, 1.165) is 38.5 Å². The zero-order valence-electron chi connectivity index (χ0n) is 22.3. The Morgan fingerprint density at radius 2 is 1.54 bits per heavy atom. The Kier molecular flexibility index (Phi) is 9.13. The fraction of sp³-hybridized carbons (Fsp3) is 0.152. The predicted octanol–water partition coefficient (Wildman–Crippen LogP) is 6.40. The number of carbonyl (C=O) groups excluding carboxylic acids is 1. The Bertz CT molecular complexity index is 1590. The number of carboxylic acids is 1. The Balaban J connectivity index is 1.24. The fourth-order valence-corrected chi connectivity index (χ4v) is 5.24. The van der Waals surface area contributed by atoms with E-state index in [1.807, 2.05) is 102 Å².